The van der Waals surface area contributed by atoms with Crippen molar-refractivity contribution in [3.05, 3.63) is 24.3 Å². The number of benzene rings is 1. The van der Waals surface area contributed by atoms with Gasteiger partial charge in [0.15, 0.2) is 0 Å². The molecule has 0 saturated heterocycles. The Hall–Kier alpha value is -1.09. The molecule has 0 fully saturated rings. The van der Waals surface area contributed by atoms with Gasteiger partial charge in [0, 0.05) is 17.1 Å². The summed E-state index contributed by atoms with van der Waals surface area (Å²) in [6.45, 7) is 6.87. The minimum Gasteiger partial charge on any atom is -0.304 e. The van der Waals surface area contributed by atoms with Crippen LogP contribution in [0.4, 0.5) is 5.69 Å². The molecule has 0 bridgehead atoms. The molecule has 1 unspecified atom stereocenters. The zero-order valence-electron chi connectivity index (χ0n) is 13.3. The maximum Gasteiger partial charge on any atom is 0.229 e. The molecule has 0 aliphatic carbocycles. The van der Waals surface area contributed by atoms with E-state index in [9.17, 15) is 12.6 Å². The maximum absolute atomic E-state index is 12.5. The smallest absolute Gasteiger partial charge is 0.229 e. The number of nitrogens with zero attached hydrogens (tertiary/aromatic N) is 1. The Balaban J connectivity index is 2.82. The van der Waals surface area contributed by atoms with Crippen LogP contribution in [0.25, 0.3) is 0 Å². The van der Waals surface area contributed by atoms with E-state index in [1.807, 2.05) is 0 Å². The third-order valence-corrected chi connectivity index (χ3v) is 5.58. The number of hydrogen-bond acceptors (Lipinski definition) is 4. The van der Waals surface area contributed by atoms with E-state index in [2.05, 4.69) is 23.5 Å². The van der Waals surface area contributed by atoms with Crippen LogP contribution in [0.2, 0.25) is 0 Å². The summed E-state index contributed by atoms with van der Waals surface area (Å²) in [5.74, 6) is 0. The van der Waals surface area contributed by atoms with Crippen molar-refractivity contribution < 1.29 is 12.6 Å². The maximum atomic E-state index is 12.5. The molecule has 1 aromatic carbocycles. The number of rotatable bonds is 8. The van der Waals surface area contributed by atoms with Gasteiger partial charge in [0.1, 0.15) is 0 Å². The van der Waals surface area contributed by atoms with Crippen LogP contribution in [0.5, 0.6) is 0 Å². The van der Waals surface area contributed by atoms with Crippen molar-refractivity contribution >= 4 is 30.8 Å². The molecule has 0 spiro atoms. The average Bonchev–Trinajstić information content (AvgIpc) is 2.42. The summed E-state index contributed by atoms with van der Waals surface area (Å²) in [5.41, 5.74) is 0.421. The Labute approximate surface area is 133 Å². The normalized spacial score (nSPS) is 14.6. The van der Waals surface area contributed by atoms with E-state index in [-0.39, 0.29) is 0 Å². The summed E-state index contributed by atoms with van der Waals surface area (Å²) >= 11 is 0. The number of hydrogen-bond donors (Lipinski definition) is 2. The van der Waals surface area contributed by atoms with Gasteiger partial charge < -0.3 is 4.90 Å². The van der Waals surface area contributed by atoms with Crippen LogP contribution in [0.3, 0.4) is 0 Å². The van der Waals surface area contributed by atoms with Crippen molar-refractivity contribution in [2.45, 2.75) is 25.2 Å². The molecular weight excluding hydrogens is 322 g/mol. The van der Waals surface area contributed by atoms with E-state index < -0.39 is 19.7 Å². The predicted octanol–water partition coefficient (Wildman–Crippen LogP) is 1.11. The fourth-order valence-corrected chi connectivity index (χ4v) is 3.77. The van der Waals surface area contributed by atoms with E-state index in [4.69, 9.17) is 5.14 Å². The summed E-state index contributed by atoms with van der Waals surface area (Å²) in [7, 11) is -6.03. The SMILES string of the molecule is CCN(CC)CCC=S(N)(=O)c1ccc(NS(C)(=O)=O)cc1. The molecule has 0 heterocycles. The third-order valence-electron chi connectivity index (χ3n) is 3.23. The monoisotopic (exact) mass is 347 g/mol. The molecule has 1 rings (SSSR count). The van der Waals surface area contributed by atoms with E-state index in [0.717, 1.165) is 25.9 Å². The zero-order chi connectivity index (χ0) is 16.8. The van der Waals surface area contributed by atoms with Gasteiger partial charge >= 0.3 is 0 Å². The average molecular weight is 348 g/mol. The lowest BCUT2D eigenvalue weighted by Crippen LogP contribution is -2.25. The minimum atomic E-state index is -3.32. The third kappa shape index (κ3) is 6.35. The van der Waals surface area contributed by atoms with Gasteiger partial charge in [-0.3, -0.25) is 9.86 Å². The highest BCUT2D eigenvalue weighted by molar-refractivity contribution is 7.99. The lowest BCUT2D eigenvalue weighted by atomic mass is 10.3. The van der Waals surface area contributed by atoms with Gasteiger partial charge in [0.05, 0.1) is 16.0 Å². The molecule has 126 valence electrons. The van der Waals surface area contributed by atoms with Crippen LogP contribution < -0.4 is 9.86 Å². The largest absolute Gasteiger partial charge is 0.304 e. The second-order valence-electron chi connectivity index (χ2n) is 5.03. The first-order valence-electron chi connectivity index (χ1n) is 7.13. The first-order chi connectivity index (χ1) is 10.2. The van der Waals surface area contributed by atoms with Gasteiger partial charge in [0.25, 0.3) is 0 Å². The van der Waals surface area contributed by atoms with E-state index >= 15 is 0 Å². The molecule has 1 aromatic rings. The number of sulfonamides is 1. The van der Waals surface area contributed by atoms with Gasteiger partial charge in [-0.15, -0.1) is 0 Å². The Kier molecular flexibility index (Phi) is 6.86. The Morgan fingerprint density at radius 3 is 2.14 bits per heavy atom. The molecule has 3 N–H and O–H groups in total. The fourth-order valence-electron chi connectivity index (χ4n) is 2.00. The van der Waals surface area contributed by atoms with Crippen molar-refractivity contribution in [3.8, 4) is 0 Å². The van der Waals surface area contributed by atoms with E-state index in [0.29, 0.717) is 17.0 Å². The quantitative estimate of drug-likeness (QED) is 0.689. The summed E-state index contributed by atoms with van der Waals surface area (Å²) in [6, 6.07) is 6.29. The van der Waals surface area contributed by atoms with Gasteiger partial charge in [0.2, 0.25) is 10.0 Å². The zero-order valence-corrected chi connectivity index (χ0v) is 14.9. The molecule has 0 aromatic heterocycles. The second-order valence-corrected chi connectivity index (χ2v) is 8.88. The molecule has 22 heavy (non-hydrogen) atoms. The van der Waals surface area contributed by atoms with Crippen molar-refractivity contribution in [2.75, 3.05) is 30.6 Å². The van der Waals surface area contributed by atoms with Crippen LogP contribution in [0.1, 0.15) is 20.3 Å². The van der Waals surface area contributed by atoms with Crippen LogP contribution in [0.15, 0.2) is 29.2 Å². The highest BCUT2D eigenvalue weighted by Gasteiger charge is 2.07. The van der Waals surface area contributed by atoms with Gasteiger partial charge in [-0.05, 0) is 49.1 Å². The van der Waals surface area contributed by atoms with Gasteiger partial charge in [-0.1, -0.05) is 13.8 Å². The van der Waals surface area contributed by atoms with Gasteiger partial charge in [-0.25, -0.2) is 12.6 Å². The molecule has 6 nitrogen and oxygen atoms in total. The first-order valence-corrected chi connectivity index (χ1v) is 10.7. The van der Waals surface area contributed by atoms with Crippen molar-refractivity contribution in [1.29, 1.82) is 0 Å². The molecule has 1 atom stereocenters. The van der Waals surface area contributed by atoms with Crippen LogP contribution in [-0.4, -0.2) is 48.8 Å². The molecule has 0 amide bonds. The Morgan fingerprint density at radius 2 is 1.68 bits per heavy atom. The summed E-state index contributed by atoms with van der Waals surface area (Å²) < 4.78 is 37.1. The van der Waals surface area contributed by atoms with Gasteiger partial charge in [-0.2, -0.15) is 0 Å². The molecular formula is C14H25N3O3S2. The van der Waals surface area contributed by atoms with Crippen LogP contribution in [-0.2, 0) is 19.7 Å². The lowest BCUT2D eigenvalue weighted by Gasteiger charge is -2.16. The topological polar surface area (TPSA) is 92.5 Å². The summed E-state index contributed by atoms with van der Waals surface area (Å²) in [5, 5.41) is 7.54. The first kappa shape index (κ1) is 19.0. The molecule has 0 radical (unpaired) electrons. The van der Waals surface area contributed by atoms with Crippen LogP contribution >= 0.6 is 0 Å². The van der Waals surface area contributed by atoms with E-state index in [1.165, 1.54) is 0 Å². The Bertz CT molecular complexity index is 687. The number of nitrogens with one attached hydrogen (secondary N) is 1. The summed E-state index contributed by atoms with van der Waals surface area (Å²) in [4.78, 5) is 2.72. The predicted molar refractivity (Wildman–Crippen MR) is 94.0 cm³/mol. The van der Waals surface area contributed by atoms with Crippen molar-refractivity contribution in [3.63, 3.8) is 0 Å². The molecule has 0 aliphatic rings. The molecule has 0 aliphatic heterocycles. The molecule has 8 heteroatoms. The highest BCUT2D eigenvalue weighted by Crippen LogP contribution is 2.14. The minimum absolute atomic E-state index is 0.421. The Morgan fingerprint density at radius 1 is 1.14 bits per heavy atom. The number of anilines is 1. The fraction of sp³-hybridized carbons (Fsp3) is 0.500. The second kappa shape index (κ2) is 7.96. The number of nitrogens with two attached hydrogens (primary N) is 1. The van der Waals surface area contributed by atoms with Crippen molar-refractivity contribution in [2.24, 2.45) is 5.14 Å². The summed E-state index contributed by atoms with van der Waals surface area (Å²) in [6.07, 6.45) is 1.72. The molecule has 0 saturated carbocycles. The lowest BCUT2D eigenvalue weighted by molar-refractivity contribution is 0.314. The highest BCUT2D eigenvalue weighted by atomic mass is 32.2. The van der Waals surface area contributed by atoms with E-state index in [1.54, 1.807) is 29.6 Å². The standard InChI is InChI=1S/C14H25N3O3S2/c1-4-17(5-2)11-6-12-22(15,20)14-9-7-13(8-10-14)16-21(3,18)19/h7-10,12,16H,4-6,11H2,1-3H3,(H2,15,20). The van der Waals surface area contributed by atoms with Crippen molar-refractivity contribution in [1.82, 2.24) is 4.90 Å². The van der Waals surface area contributed by atoms with Crippen LogP contribution in [0, 0.1) is 0 Å².